The monoisotopic (exact) mass is 187 g/mol. The highest BCUT2D eigenvalue weighted by molar-refractivity contribution is 4.81. The summed E-state index contributed by atoms with van der Waals surface area (Å²) >= 11 is 0. The first-order valence-corrected chi connectivity index (χ1v) is 5.11. The highest BCUT2D eigenvalue weighted by atomic mass is 16.3. The number of nitrogens with zero attached hydrogens (tertiary/aromatic N) is 1. The SMILES string of the molecule is CCC(C)(CO)CN1CCC(O)C1. The van der Waals surface area contributed by atoms with Crippen LogP contribution in [0, 0.1) is 5.41 Å². The lowest BCUT2D eigenvalue weighted by molar-refractivity contribution is 0.0869. The van der Waals surface area contributed by atoms with Crippen LogP contribution in [0.2, 0.25) is 0 Å². The van der Waals surface area contributed by atoms with Crippen molar-refractivity contribution in [2.24, 2.45) is 5.41 Å². The summed E-state index contributed by atoms with van der Waals surface area (Å²) in [7, 11) is 0. The highest BCUT2D eigenvalue weighted by Crippen LogP contribution is 2.23. The van der Waals surface area contributed by atoms with Crippen LogP contribution < -0.4 is 0 Å². The van der Waals surface area contributed by atoms with Crippen molar-refractivity contribution in [1.29, 1.82) is 0 Å². The molecule has 0 aromatic rings. The second-order valence-corrected chi connectivity index (χ2v) is 4.50. The fourth-order valence-corrected chi connectivity index (χ4v) is 1.77. The first-order valence-electron chi connectivity index (χ1n) is 5.11. The molecule has 13 heavy (non-hydrogen) atoms. The number of aliphatic hydroxyl groups is 2. The molecule has 0 radical (unpaired) electrons. The minimum Gasteiger partial charge on any atom is -0.396 e. The Morgan fingerprint density at radius 3 is 2.62 bits per heavy atom. The molecular weight excluding hydrogens is 166 g/mol. The first kappa shape index (κ1) is 11.0. The maximum atomic E-state index is 9.34. The fraction of sp³-hybridized carbons (Fsp3) is 1.00. The Kier molecular flexibility index (Phi) is 3.71. The lowest BCUT2D eigenvalue weighted by Gasteiger charge is -2.30. The largest absolute Gasteiger partial charge is 0.396 e. The molecule has 1 saturated heterocycles. The topological polar surface area (TPSA) is 43.7 Å². The van der Waals surface area contributed by atoms with E-state index in [1.807, 2.05) is 0 Å². The number of rotatable bonds is 4. The lowest BCUT2D eigenvalue weighted by Crippen LogP contribution is -2.37. The maximum Gasteiger partial charge on any atom is 0.0679 e. The second kappa shape index (κ2) is 4.40. The molecular formula is C10H21NO2. The van der Waals surface area contributed by atoms with Crippen molar-refractivity contribution in [2.75, 3.05) is 26.2 Å². The molecule has 0 saturated carbocycles. The van der Waals surface area contributed by atoms with Crippen LogP contribution >= 0.6 is 0 Å². The van der Waals surface area contributed by atoms with Crippen LogP contribution in [0.5, 0.6) is 0 Å². The number of aliphatic hydroxyl groups excluding tert-OH is 2. The van der Waals surface area contributed by atoms with Crippen molar-refractivity contribution in [1.82, 2.24) is 4.90 Å². The Labute approximate surface area is 80.4 Å². The van der Waals surface area contributed by atoms with Crippen molar-refractivity contribution in [2.45, 2.75) is 32.8 Å². The van der Waals surface area contributed by atoms with Gasteiger partial charge in [-0.15, -0.1) is 0 Å². The van der Waals surface area contributed by atoms with Gasteiger partial charge in [-0.2, -0.15) is 0 Å². The minimum atomic E-state index is -0.153. The zero-order valence-corrected chi connectivity index (χ0v) is 8.66. The average molecular weight is 187 g/mol. The van der Waals surface area contributed by atoms with Crippen molar-refractivity contribution < 1.29 is 10.2 Å². The van der Waals surface area contributed by atoms with E-state index in [1.54, 1.807) is 0 Å². The molecule has 0 aromatic carbocycles. The van der Waals surface area contributed by atoms with Crippen molar-refractivity contribution in [3.8, 4) is 0 Å². The Morgan fingerprint density at radius 2 is 2.23 bits per heavy atom. The summed E-state index contributed by atoms with van der Waals surface area (Å²) in [6, 6.07) is 0. The van der Waals surface area contributed by atoms with Crippen LogP contribution in [0.15, 0.2) is 0 Å². The van der Waals surface area contributed by atoms with Crippen LogP contribution in [0.3, 0.4) is 0 Å². The van der Waals surface area contributed by atoms with Crippen LogP contribution in [0.1, 0.15) is 26.7 Å². The molecule has 0 aromatic heterocycles. The summed E-state index contributed by atoms with van der Waals surface area (Å²) in [4.78, 5) is 2.24. The van der Waals surface area contributed by atoms with E-state index < -0.39 is 0 Å². The summed E-state index contributed by atoms with van der Waals surface area (Å²) < 4.78 is 0. The van der Waals surface area contributed by atoms with Gasteiger partial charge < -0.3 is 15.1 Å². The molecule has 2 unspecified atom stereocenters. The van der Waals surface area contributed by atoms with Crippen molar-refractivity contribution in [3.63, 3.8) is 0 Å². The van der Waals surface area contributed by atoms with Crippen LogP contribution in [-0.4, -0.2) is 47.5 Å². The summed E-state index contributed by atoms with van der Waals surface area (Å²) in [6.07, 6.45) is 1.71. The van der Waals surface area contributed by atoms with Gasteiger partial charge in [-0.1, -0.05) is 13.8 Å². The number of hydrogen-bond acceptors (Lipinski definition) is 3. The van der Waals surface area contributed by atoms with E-state index in [0.717, 1.165) is 32.5 Å². The van der Waals surface area contributed by atoms with Gasteiger partial charge in [0, 0.05) is 31.7 Å². The molecule has 1 fully saturated rings. The Morgan fingerprint density at radius 1 is 1.54 bits per heavy atom. The van der Waals surface area contributed by atoms with Gasteiger partial charge in [0.1, 0.15) is 0 Å². The zero-order chi connectivity index (χ0) is 9.90. The summed E-state index contributed by atoms with van der Waals surface area (Å²) in [5, 5.41) is 18.6. The molecule has 1 rings (SSSR count). The van der Waals surface area contributed by atoms with Gasteiger partial charge in [0.05, 0.1) is 6.10 Å². The third-order valence-electron chi connectivity index (χ3n) is 3.09. The van der Waals surface area contributed by atoms with Crippen LogP contribution in [-0.2, 0) is 0 Å². The number of β-amino-alcohol motifs (C(OH)–C–C–N with tert-alkyl or cyclic N) is 1. The molecule has 3 nitrogen and oxygen atoms in total. The minimum absolute atomic E-state index is 0.00403. The predicted molar refractivity (Wildman–Crippen MR) is 52.5 cm³/mol. The molecule has 2 N–H and O–H groups in total. The molecule has 0 aliphatic carbocycles. The van der Waals surface area contributed by atoms with E-state index >= 15 is 0 Å². The van der Waals surface area contributed by atoms with Gasteiger partial charge in [-0.25, -0.2) is 0 Å². The molecule has 0 amide bonds. The predicted octanol–water partition coefficient (Wildman–Crippen LogP) is 0.462. The fourth-order valence-electron chi connectivity index (χ4n) is 1.77. The smallest absolute Gasteiger partial charge is 0.0679 e. The van der Waals surface area contributed by atoms with Gasteiger partial charge in [-0.3, -0.25) is 0 Å². The zero-order valence-electron chi connectivity index (χ0n) is 8.66. The highest BCUT2D eigenvalue weighted by Gasteiger charge is 2.28. The normalized spacial score (nSPS) is 29.1. The Hall–Kier alpha value is -0.120. The molecule has 1 heterocycles. The Balaban J connectivity index is 2.38. The van der Waals surface area contributed by atoms with E-state index in [-0.39, 0.29) is 18.1 Å². The quantitative estimate of drug-likeness (QED) is 0.672. The third-order valence-corrected chi connectivity index (χ3v) is 3.09. The van der Waals surface area contributed by atoms with Gasteiger partial charge in [0.25, 0.3) is 0 Å². The average Bonchev–Trinajstić information content (AvgIpc) is 2.51. The standard InChI is InChI=1S/C10H21NO2/c1-3-10(2,8-12)7-11-5-4-9(13)6-11/h9,12-13H,3-8H2,1-2H3. The molecule has 3 heteroatoms. The molecule has 1 aliphatic rings. The summed E-state index contributed by atoms with van der Waals surface area (Å²) in [6.45, 7) is 7.07. The van der Waals surface area contributed by atoms with E-state index in [4.69, 9.17) is 0 Å². The molecule has 1 aliphatic heterocycles. The Bertz CT molecular complexity index is 157. The van der Waals surface area contributed by atoms with Crippen molar-refractivity contribution >= 4 is 0 Å². The van der Waals surface area contributed by atoms with Gasteiger partial charge in [-0.05, 0) is 12.8 Å². The second-order valence-electron chi connectivity index (χ2n) is 4.50. The summed E-state index contributed by atoms with van der Waals surface area (Å²) in [5.74, 6) is 0. The first-order chi connectivity index (χ1) is 6.09. The van der Waals surface area contributed by atoms with E-state index in [1.165, 1.54) is 0 Å². The van der Waals surface area contributed by atoms with Gasteiger partial charge >= 0.3 is 0 Å². The third kappa shape index (κ3) is 2.93. The van der Waals surface area contributed by atoms with Crippen molar-refractivity contribution in [3.05, 3.63) is 0 Å². The number of hydrogen-bond donors (Lipinski definition) is 2. The van der Waals surface area contributed by atoms with Crippen LogP contribution in [0.4, 0.5) is 0 Å². The van der Waals surface area contributed by atoms with Gasteiger partial charge in [0.2, 0.25) is 0 Å². The number of likely N-dealkylation sites (tertiary alicyclic amines) is 1. The molecule has 0 bridgehead atoms. The molecule has 78 valence electrons. The van der Waals surface area contributed by atoms with Gasteiger partial charge in [0.15, 0.2) is 0 Å². The molecule has 2 atom stereocenters. The maximum absolute atomic E-state index is 9.34. The summed E-state index contributed by atoms with van der Waals surface area (Å²) in [5.41, 5.74) is 0.00403. The van der Waals surface area contributed by atoms with E-state index in [9.17, 15) is 10.2 Å². The van der Waals surface area contributed by atoms with Crippen LogP contribution in [0.25, 0.3) is 0 Å². The van der Waals surface area contributed by atoms with E-state index in [2.05, 4.69) is 18.7 Å². The molecule has 0 spiro atoms. The van der Waals surface area contributed by atoms with E-state index in [0.29, 0.717) is 0 Å². The lowest BCUT2D eigenvalue weighted by atomic mass is 9.88.